The SMILES string of the molecule is CC(O)C1C=C1. The van der Waals surface area contributed by atoms with E-state index in [0.717, 1.165) is 0 Å². The Morgan fingerprint density at radius 3 is 2.17 bits per heavy atom. The van der Waals surface area contributed by atoms with Crippen molar-refractivity contribution in [2.45, 2.75) is 13.0 Å². The molecular formula is C5H8O. The topological polar surface area (TPSA) is 20.2 Å². The zero-order valence-electron chi connectivity index (χ0n) is 3.76. The average Bonchev–Trinajstić information content (AvgIpc) is 2.06. The fraction of sp³-hybridized carbons (Fsp3) is 0.600. The second-order valence-corrected chi connectivity index (χ2v) is 1.70. The largest absolute Gasteiger partial charge is 0.392 e. The monoisotopic (exact) mass is 84.1 g/mol. The van der Waals surface area contributed by atoms with Gasteiger partial charge < -0.3 is 5.11 Å². The molecule has 0 aromatic carbocycles. The molecular weight excluding hydrogens is 76.1 g/mol. The molecule has 6 heavy (non-hydrogen) atoms. The molecule has 0 spiro atoms. The van der Waals surface area contributed by atoms with Gasteiger partial charge in [0.05, 0.1) is 6.10 Å². The lowest BCUT2D eigenvalue weighted by molar-refractivity contribution is 0.180. The summed E-state index contributed by atoms with van der Waals surface area (Å²) in [7, 11) is 0. The summed E-state index contributed by atoms with van der Waals surface area (Å²) in [6, 6.07) is 0. The Hall–Kier alpha value is -0.300. The van der Waals surface area contributed by atoms with E-state index in [9.17, 15) is 0 Å². The van der Waals surface area contributed by atoms with Crippen molar-refractivity contribution in [1.82, 2.24) is 0 Å². The maximum absolute atomic E-state index is 8.63. The van der Waals surface area contributed by atoms with Crippen molar-refractivity contribution in [2.24, 2.45) is 5.92 Å². The van der Waals surface area contributed by atoms with E-state index in [2.05, 4.69) is 0 Å². The van der Waals surface area contributed by atoms with Crippen LogP contribution in [0.1, 0.15) is 6.92 Å². The molecule has 0 bridgehead atoms. The first-order chi connectivity index (χ1) is 2.80. The Kier molecular flexibility index (Phi) is 0.701. The van der Waals surface area contributed by atoms with Crippen LogP contribution in [0.2, 0.25) is 0 Å². The number of hydrogen-bond donors (Lipinski definition) is 1. The number of aliphatic hydroxyl groups is 1. The Bertz CT molecular complexity index is 68.0. The fourth-order valence-corrected chi connectivity index (χ4v) is 0.386. The maximum atomic E-state index is 8.63. The van der Waals surface area contributed by atoms with E-state index < -0.39 is 0 Å². The molecule has 1 rings (SSSR count). The van der Waals surface area contributed by atoms with Gasteiger partial charge in [0.1, 0.15) is 0 Å². The summed E-state index contributed by atoms with van der Waals surface area (Å²) in [5, 5.41) is 8.63. The van der Waals surface area contributed by atoms with Crippen molar-refractivity contribution in [3.63, 3.8) is 0 Å². The molecule has 0 radical (unpaired) electrons. The van der Waals surface area contributed by atoms with Gasteiger partial charge in [-0.15, -0.1) is 0 Å². The smallest absolute Gasteiger partial charge is 0.0609 e. The molecule has 1 aliphatic carbocycles. The van der Waals surface area contributed by atoms with Crippen LogP contribution in [0.3, 0.4) is 0 Å². The first kappa shape index (κ1) is 3.88. The molecule has 1 aliphatic rings. The Morgan fingerprint density at radius 2 is 2.17 bits per heavy atom. The Balaban J connectivity index is 2.16. The molecule has 34 valence electrons. The third-order valence-corrected chi connectivity index (χ3v) is 0.972. The standard InChI is InChI=1S/C5H8O/c1-4(6)5-2-3-5/h2-6H,1H3. The molecule has 0 heterocycles. The summed E-state index contributed by atoms with van der Waals surface area (Å²) in [5.74, 6) is 0.407. The normalized spacial score (nSPS) is 24.3. The van der Waals surface area contributed by atoms with Crippen LogP contribution in [0.4, 0.5) is 0 Å². The summed E-state index contributed by atoms with van der Waals surface area (Å²) < 4.78 is 0. The summed E-state index contributed by atoms with van der Waals surface area (Å²) in [4.78, 5) is 0. The average molecular weight is 84.1 g/mol. The third kappa shape index (κ3) is 0.601. The first-order valence-corrected chi connectivity index (χ1v) is 2.17. The molecule has 1 unspecified atom stereocenters. The number of hydrogen-bond acceptors (Lipinski definition) is 1. The van der Waals surface area contributed by atoms with Crippen LogP contribution in [-0.4, -0.2) is 11.2 Å². The van der Waals surface area contributed by atoms with Crippen LogP contribution in [0.15, 0.2) is 12.2 Å². The molecule has 0 saturated heterocycles. The van der Waals surface area contributed by atoms with Crippen molar-refractivity contribution >= 4 is 0 Å². The van der Waals surface area contributed by atoms with E-state index in [4.69, 9.17) is 5.11 Å². The first-order valence-electron chi connectivity index (χ1n) is 2.17. The second kappa shape index (κ2) is 1.09. The highest BCUT2D eigenvalue weighted by Crippen LogP contribution is 2.19. The van der Waals surface area contributed by atoms with Crippen molar-refractivity contribution in [3.8, 4) is 0 Å². The van der Waals surface area contributed by atoms with Gasteiger partial charge in [-0.2, -0.15) is 0 Å². The highest BCUT2D eigenvalue weighted by atomic mass is 16.3. The minimum Gasteiger partial charge on any atom is -0.392 e. The highest BCUT2D eigenvalue weighted by molar-refractivity contribution is 5.15. The van der Waals surface area contributed by atoms with E-state index in [-0.39, 0.29) is 6.10 Å². The van der Waals surface area contributed by atoms with E-state index in [1.807, 2.05) is 12.2 Å². The lowest BCUT2D eigenvalue weighted by Gasteiger charge is -1.95. The van der Waals surface area contributed by atoms with Gasteiger partial charge in [-0.3, -0.25) is 0 Å². The lowest BCUT2D eigenvalue weighted by Crippen LogP contribution is -2.01. The summed E-state index contributed by atoms with van der Waals surface area (Å²) in [5.41, 5.74) is 0. The van der Waals surface area contributed by atoms with E-state index in [1.54, 1.807) is 6.92 Å². The quantitative estimate of drug-likeness (QED) is 0.460. The molecule has 0 saturated carbocycles. The minimum atomic E-state index is -0.148. The molecule has 1 nitrogen and oxygen atoms in total. The molecule has 0 aromatic heterocycles. The number of aliphatic hydroxyl groups excluding tert-OH is 1. The zero-order chi connectivity index (χ0) is 4.57. The molecule has 0 aliphatic heterocycles. The second-order valence-electron chi connectivity index (χ2n) is 1.70. The van der Waals surface area contributed by atoms with Gasteiger partial charge in [0, 0.05) is 5.92 Å². The van der Waals surface area contributed by atoms with Crippen molar-refractivity contribution in [3.05, 3.63) is 12.2 Å². The van der Waals surface area contributed by atoms with Gasteiger partial charge in [0.15, 0.2) is 0 Å². The van der Waals surface area contributed by atoms with Crippen molar-refractivity contribution < 1.29 is 5.11 Å². The van der Waals surface area contributed by atoms with Crippen molar-refractivity contribution in [2.75, 3.05) is 0 Å². The van der Waals surface area contributed by atoms with E-state index in [0.29, 0.717) is 5.92 Å². The van der Waals surface area contributed by atoms with Gasteiger partial charge in [-0.1, -0.05) is 12.2 Å². The van der Waals surface area contributed by atoms with Crippen molar-refractivity contribution in [1.29, 1.82) is 0 Å². The molecule has 0 aromatic rings. The van der Waals surface area contributed by atoms with Crippen LogP contribution in [-0.2, 0) is 0 Å². The molecule has 1 heteroatoms. The van der Waals surface area contributed by atoms with Crippen LogP contribution in [0.5, 0.6) is 0 Å². The van der Waals surface area contributed by atoms with Gasteiger partial charge in [0.25, 0.3) is 0 Å². The van der Waals surface area contributed by atoms with Crippen LogP contribution >= 0.6 is 0 Å². The summed E-state index contributed by atoms with van der Waals surface area (Å²) >= 11 is 0. The summed E-state index contributed by atoms with van der Waals surface area (Å²) in [6.07, 6.45) is 3.83. The van der Waals surface area contributed by atoms with Crippen LogP contribution in [0.25, 0.3) is 0 Å². The minimum absolute atomic E-state index is 0.148. The summed E-state index contributed by atoms with van der Waals surface area (Å²) in [6.45, 7) is 1.80. The van der Waals surface area contributed by atoms with Crippen LogP contribution < -0.4 is 0 Å². The predicted octanol–water partition coefficient (Wildman–Crippen LogP) is 0.553. The maximum Gasteiger partial charge on any atom is 0.0609 e. The molecule has 1 N–H and O–H groups in total. The lowest BCUT2D eigenvalue weighted by atomic mass is 10.2. The van der Waals surface area contributed by atoms with Gasteiger partial charge in [0.2, 0.25) is 0 Å². The molecule has 0 amide bonds. The Labute approximate surface area is 37.3 Å². The van der Waals surface area contributed by atoms with Crippen LogP contribution in [0, 0.1) is 5.92 Å². The van der Waals surface area contributed by atoms with Gasteiger partial charge in [-0.25, -0.2) is 0 Å². The van der Waals surface area contributed by atoms with Gasteiger partial charge >= 0.3 is 0 Å². The molecule has 1 atom stereocenters. The fourth-order valence-electron chi connectivity index (χ4n) is 0.386. The van der Waals surface area contributed by atoms with Gasteiger partial charge in [-0.05, 0) is 6.92 Å². The predicted molar refractivity (Wildman–Crippen MR) is 24.3 cm³/mol. The zero-order valence-corrected chi connectivity index (χ0v) is 3.76. The van der Waals surface area contributed by atoms with E-state index >= 15 is 0 Å². The number of rotatable bonds is 1. The molecule has 0 fully saturated rings. The third-order valence-electron chi connectivity index (χ3n) is 0.972. The van der Waals surface area contributed by atoms with E-state index in [1.165, 1.54) is 0 Å². The Morgan fingerprint density at radius 1 is 1.67 bits per heavy atom. The highest BCUT2D eigenvalue weighted by Gasteiger charge is 2.15.